The second-order valence-corrected chi connectivity index (χ2v) is 7.46. The van der Waals surface area contributed by atoms with Gasteiger partial charge >= 0.3 is 0 Å². The molecule has 20 heavy (non-hydrogen) atoms. The van der Waals surface area contributed by atoms with Gasteiger partial charge in [0.15, 0.2) is 5.03 Å². The first-order valence-corrected chi connectivity index (χ1v) is 8.30. The lowest BCUT2D eigenvalue weighted by atomic mass is 9.95. The zero-order valence-electron chi connectivity index (χ0n) is 11.9. The number of nitrogens with zero attached hydrogens (tertiary/aromatic N) is 1. The fourth-order valence-electron chi connectivity index (χ4n) is 2.57. The predicted molar refractivity (Wildman–Crippen MR) is 78.9 cm³/mol. The number of aromatic nitrogens is 1. The van der Waals surface area contributed by atoms with Crippen molar-refractivity contribution in [3.8, 4) is 0 Å². The summed E-state index contributed by atoms with van der Waals surface area (Å²) < 4.78 is 22.4. The Hall–Kier alpha value is -1.18. The molecule has 6 nitrogen and oxygen atoms in total. The number of anilines is 1. The number of sulfonamides is 1. The highest BCUT2D eigenvalue weighted by atomic mass is 32.2. The van der Waals surface area contributed by atoms with Crippen LogP contribution in [0.15, 0.2) is 23.2 Å². The molecule has 112 valence electrons. The number of nitrogens with one attached hydrogen (secondary N) is 2. The van der Waals surface area contributed by atoms with E-state index in [4.69, 9.17) is 5.14 Å². The van der Waals surface area contributed by atoms with Gasteiger partial charge in [0.2, 0.25) is 0 Å². The average Bonchev–Trinajstić information content (AvgIpc) is 2.68. The smallest absolute Gasteiger partial charge is 0.255 e. The highest BCUT2D eigenvalue weighted by Gasteiger charge is 2.29. The predicted octanol–water partition coefficient (Wildman–Crippen LogP) is 0.919. The summed E-state index contributed by atoms with van der Waals surface area (Å²) in [7, 11) is -3.74. The zero-order valence-corrected chi connectivity index (χ0v) is 12.7. The van der Waals surface area contributed by atoms with Crippen LogP contribution < -0.4 is 15.8 Å². The van der Waals surface area contributed by atoms with E-state index in [1.165, 1.54) is 6.07 Å². The van der Waals surface area contributed by atoms with Crippen LogP contribution in [-0.2, 0) is 10.0 Å². The van der Waals surface area contributed by atoms with E-state index >= 15 is 0 Å². The van der Waals surface area contributed by atoms with Crippen LogP contribution >= 0.6 is 0 Å². The standard InChI is InChI=1S/C13H22N4O2S/c1-13(2)8-10(9-16-13)6-7-15-11-4-3-5-12(17-11)20(14,18)19/h3-5,10,16H,6-9H2,1-2H3,(H,15,17)(H2,14,18,19). The molecule has 2 rings (SSSR count). The van der Waals surface area contributed by atoms with Crippen molar-refractivity contribution in [2.75, 3.05) is 18.4 Å². The first kappa shape index (κ1) is 15.2. The highest BCUT2D eigenvalue weighted by molar-refractivity contribution is 7.89. The van der Waals surface area contributed by atoms with E-state index in [9.17, 15) is 8.42 Å². The Morgan fingerprint density at radius 1 is 1.50 bits per heavy atom. The van der Waals surface area contributed by atoms with Crippen molar-refractivity contribution in [3.63, 3.8) is 0 Å². The van der Waals surface area contributed by atoms with Gasteiger partial charge in [0, 0.05) is 12.1 Å². The van der Waals surface area contributed by atoms with E-state index in [0.717, 1.165) is 25.9 Å². The van der Waals surface area contributed by atoms with Crippen molar-refractivity contribution < 1.29 is 8.42 Å². The Kier molecular flexibility index (Phi) is 4.31. The lowest BCUT2D eigenvalue weighted by Crippen LogP contribution is -2.31. The highest BCUT2D eigenvalue weighted by Crippen LogP contribution is 2.25. The van der Waals surface area contributed by atoms with E-state index < -0.39 is 10.0 Å². The molecular weight excluding hydrogens is 276 g/mol. The van der Waals surface area contributed by atoms with Gasteiger partial charge in [0.05, 0.1) is 0 Å². The van der Waals surface area contributed by atoms with Gasteiger partial charge in [-0.25, -0.2) is 18.5 Å². The Morgan fingerprint density at radius 3 is 2.85 bits per heavy atom. The molecule has 0 bridgehead atoms. The van der Waals surface area contributed by atoms with Crippen LogP contribution in [0.5, 0.6) is 0 Å². The third kappa shape index (κ3) is 4.16. The van der Waals surface area contributed by atoms with Crippen LogP contribution in [0.25, 0.3) is 0 Å². The van der Waals surface area contributed by atoms with Crippen LogP contribution in [0, 0.1) is 5.92 Å². The van der Waals surface area contributed by atoms with Gasteiger partial charge in [0.1, 0.15) is 5.82 Å². The molecule has 0 amide bonds. The summed E-state index contributed by atoms with van der Waals surface area (Å²) in [5.41, 5.74) is 0.219. The molecule has 1 aliphatic heterocycles. The Morgan fingerprint density at radius 2 is 2.25 bits per heavy atom. The minimum atomic E-state index is -3.74. The molecule has 0 radical (unpaired) electrons. The fraction of sp³-hybridized carbons (Fsp3) is 0.615. The largest absolute Gasteiger partial charge is 0.370 e. The molecule has 0 spiro atoms. The molecule has 7 heteroatoms. The third-order valence-corrected chi connectivity index (χ3v) is 4.35. The van der Waals surface area contributed by atoms with Gasteiger partial charge in [0.25, 0.3) is 10.0 Å². The van der Waals surface area contributed by atoms with Gasteiger partial charge < -0.3 is 10.6 Å². The van der Waals surface area contributed by atoms with E-state index in [1.54, 1.807) is 12.1 Å². The van der Waals surface area contributed by atoms with Gasteiger partial charge in [-0.2, -0.15) is 0 Å². The van der Waals surface area contributed by atoms with E-state index in [0.29, 0.717) is 11.7 Å². The third-order valence-electron chi connectivity index (χ3n) is 3.54. The summed E-state index contributed by atoms with van der Waals surface area (Å²) >= 11 is 0. The number of nitrogens with two attached hydrogens (primary N) is 1. The molecule has 2 heterocycles. The zero-order chi connectivity index (χ0) is 14.8. The molecule has 1 unspecified atom stereocenters. The lowest BCUT2D eigenvalue weighted by molar-refractivity contribution is 0.436. The molecule has 1 aliphatic rings. The van der Waals surface area contributed by atoms with Crippen LogP contribution in [0.1, 0.15) is 26.7 Å². The van der Waals surface area contributed by atoms with Crippen molar-refractivity contribution in [2.45, 2.75) is 37.3 Å². The normalized spacial score (nSPS) is 21.9. The monoisotopic (exact) mass is 298 g/mol. The van der Waals surface area contributed by atoms with Crippen LogP contribution in [-0.4, -0.2) is 32.0 Å². The Balaban J connectivity index is 1.86. The molecule has 0 aromatic carbocycles. The fourth-order valence-corrected chi connectivity index (χ4v) is 3.06. The topological polar surface area (TPSA) is 97.1 Å². The van der Waals surface area contributed by atoms with E-state index in [-0.39, 0.29) is 10.6 Å². The molecule has 0 saturated carbocycles. The van der Waals surface area contributed by atoms with Crippen molar-refractivity contribution >= 4 is 15.8 Å². The molecule has 0 aliphatic carbocycles. The lowest BCUT2D eigenvalue weighted by Gasteiger charge is -2.17. The van der Waals surface area contributed by atoms with Crippen LogP contribution in [0.2, 0.25) is 0 Å². The molecule has 4 N–H and O–H groups in total. The summed E-state index contributed by atoms with van der Waals surface area (Å²) in [6.45, 7) is 6.21. The second-order valence-electron chi connectivity index (χ2n) is 5.96. The van der Waals surface area contributed by atoms with Gasteiger partial charge in [-0.1, -0.05) is 6.07 Å². The Labute approximate surface area is 120 Å². The summed E-state index contributed by atoms with van der Waals surface area (Å²) in [6, 6.07) is 4.77. The summed E-state index contributed by atoms with van der Waals surface area (Å²) in [4.78, 5) is 4.00. The molecule has 1 atom stereocenters. The number of pyridine rings is 1. The number of rotatable bonds is 5. The first-order valence-electron chi connectivity index (χ1n) is 6.75. The number of primary sulfonamides is 1. The van der Waals surface area contributed by atoms with Crippen molar-refractivity contribution in [3.05, 3.63) is 18.2 Å². The van der Waals surface area contributed by atoms with Crippen LogP contribution in [0.3, 0.4) is 0 Å². The molecule has 1 fully saturated rings. The first-order chi connectivity index (χ1) is 9.26. The molecule has 1 saturated heterocycles. The summed E-state index contributed by atoms with van der Waals surface area (Å²) in [6.07, 6.45) is 2.18. The van der Waals surface area contributed by atoms with Crippen molar-refractivity contribution in [1.82, 2.24) is 10.3 Å². The van der Waals surface area contributed by atoms with Gasteiger partial charge in [-0.05, 0) is 51.3 Å². The second kappa shape index (κ2) is 5.67. The maximum absolute atomic E-state index is 11.2. The van der Waals surface area contributed by atoms with Crippen molar-refractivity contribution in [1.29, 1.82) is 0 Å². The molecule has 1 aromatic heterocycles. The maximum atomic E-state index is 11.2. The molecule has 1 aromatic rings. The summed E-state index contributed by atoms with van der Waals surface area (Å²) in [5, 5.41) is 11.6. The number of hydrogen-bond donors (Lipinski definition) is 3. The minimum Gasteiger partial charge on any atom is -0.370 e. The maximum Gasteiger partial charge on any atom is 0.255 e. The SMILES string of the molecule is CC1(C)CC(CCNc2cccc(S(N)(=O)=O)n2)CN1. The quantitative estimate of drug-likeness (QED) is 0.751. The Bertz CT molecular complexity index is 571. The van der Waals surface area contributed by atoms with Crippen molar-refractivity contribution in [2.24, 2.45) is 11.1 Å². The van der Waals surface area contributed by atoms with Gasteiger partial charge in [-0.3, -0.25) is 0 Å². The van der Waals surface area contributed by atoms with Gasteiger partial charge in [-0.15, -0.1) is 0 Å². The molecular formula is C13H22N4O2S. The van der Waals surface area contributed by atoms with Crippen LogP contribution in [0.4, 0.5) is 5.82 Å². The van der Waals surface area contributed by atoms with E-state index in [2.05, 4.69) is 29.5 Å². The summed E-state index contributed by atoms with van der Waals surface area (Å²) in [5.74, 6) is 1.18. The average molecular weight is 298 g/mol. The van der Waals surface area contributed by atoms with E-state index in [1.807, 2.05) is 0 Å². The minimum absolute atomic E-state index is 0.105. The number of hydrogen-bond acceptors (Lipinski definition) is 5.